The van der Waals surface area contributed by atoms with E-state index in [4.69, 9.17) is 0 Å². The van der Waals surface area contributed by atoms with Gasteiger partial charge < -0.3 is 5.32 Å². The minimum absolute atomic E-state index is 0.396. The normalized spacial score (nSPS) is 15.6. The van der Waals surface area contributed by atoms with Crippen LogP contribution in [0, 0.1) is 13.8 Å². The quantitative estimate of drug-likeness (QED) is 0.861. The number of benzene rings is 2. The molecule has 2 aromatic carbocycles. The molecule has 0 atom stereocenters. The van der Waals surface area contributed by atoms with Gasteiger partial charge in [-0.1, -0.05) is 30.3 Å². The lowest BCUT2D eigenvalue weighted by Gasteiger charge is -2.15. The van der Waals surface area contributed by atoms with Crippen molar-refractivity contribution in [2.45, 2.75) is 44.7 Å². The summed E-state index contributed by atoms with van der Waals surface area (Å²) in [5, 5.41) is 3.42. The van der Waals surface area contributed by atoms with Gasteiger partial charge in [0.1, 0.15) is 0 Å². The van der Waals surface area contributed by atoms with Crippen LogP contribution in [-0.4, -0.2) is 25.8 Å². The van der Waals surface area contributed by atoms with Crippen molar-refractivity contribution in [2.75, 3.05) is 13.1 Å². The summed E-state index contributed by atoms with van der Waals surface area (Å²) in [6, 6.07) is 13.7. The highest BCUT2D eigenvalue weighted by molar-refractivity contribution is 7.89. The number of hydrogen-bond acceptors (Lipinski definition) is 3. The van der Waals surface area contributed by atoms with Gasteiger partial charge in [-0.3, -0.25) is 0 Å². The van der Waals surface area contributed by atoms with E-state index in [0.29, 0.717) is 18.0 Å². The Morgan fingerprint density at radius 3 is 2.12 bits per heavy atom. The Morgan fingerprint density at radius 2 is 1.48 bits per heavy atom. The van der Waals surface area contributed by atoms with Gasteiger partial charge in [-0.15, -0.1) is 0 Å². The Bertz CT molecular complexity index is 823. The molecule has 1 aliphatic rings. The summed E-state index contributed by atoms with van der Waals surface area (Å²) in [5.41, 5.74) is 4.95. The average molecular weight is 359 g/mol. The number of sulfonamides is 1. The molecule has 3 rings (SSSR count). The third kappa shape index (κ3) is 4.29. The van der Waals surface area contributed by atoms with Crippen molar-refractivity contribution in [1.82, 2.24) is 9.62 Å². The number of nitrogens with one attached hydrogen (secondary N) is 1. The molecule has 0 aromatic heterocycles. The Kier molecular flexibility index (Phi) is 5.57. The highest BCUT2D eigenvalue weighted by atomic mass is 32.2. The molecule has 0 aliphatic carbocycles. The number of aryl methyl sites for hydroxylation is 2. The molecule has 0 radical (unpaired) electrons. The Morgan fingerprint density at radius 1 is 0.880 bits per heavy atom. The van der Waals surface area contributed by atoms with E-state index in [9.17, 15) is 8.42 Å². The second-order valence-electron chi connectivity index (χ2n) is 6.78. The molecule has 0 spiro atoms. The number of rotatable bonds is 6. The van der Waals surface area contributed by atoms with Crippen molar-refractivity contribution in [3.63, 3.8) is 0 Å². The zero-order chi connectivity index (χ0) is 17.9. The fourth-order valence-corrected chi connectivity index (χ4v) is 4.64. The highest BCUT2D eigenvalue weighted by Gasteiger charge is 2.26. The minimum atomic E-state index is -3.31. The highest BCUT2D eigenvalue weighted by Crippen LogP contribution is 2.21. The first-order valence-electron chi connectivity index (χ1n) is 8.83. The van der Waals surface area contributed by atoms with Crippen LogP contribution in [0.2, 0.25) is 0 Å². The van der Waals surface area contributed by atoms with E-state index in [0.717, 1.165) is 31.5 Å². The molecule has 1 aliphatic heterocycles. The van der Waals surface area contributed by atoms with Crippen LogP contribution in [0.4, 0.5) is 0 Å². The standard InChI is InChI=1S/C20H26N2O2S/c1-16-5-6-19(13-17(16)2)15-21-14-18-7-9-20(10-8-18)25(23,24)22-11-3-4-12-22/h5-10,13,21H,3-4,11-12,14-15H2,1-2H3. The van der Waals surface area contributed by atoms with Gasteiger partial charge in [-0.05, 0) is 61.1 Å². The van der Waals surface area contributed by atoms with Crippen LogP contribution in [0.5, 0.6) is 0 Å². The molecule has 134 valence electrons. The first-order valence-corrected chi connectivity index (χ1v) is 10.3. The third-order valence-electron chi connectivity index (χ3n) is 4.86. The van der Waals surface area contributed by atoms with Crippen molar-refractivity contribution in [1.29, 1.82) is 0 Å². The fraction of sp³-hybridized carbons (Fsp3) is 0.400. The molecule has 0 bridgehead atoms. The maximum absolute atomic E-state index is 12.5. The Balaban J connectivity index is 1.58. The van der Waals surface area contributed by atoms with Gasteiger partial charge in [0, 0.05) is 26.2 Å². The van der Waals surface area contributed by atoms with Gasteiger partial charge in [0.2, 0.25) is 10.0 Å². The second-order valence-corrected chi connectivity index (χ2v) is 8.72. The van der Waals surface area contributed by atoms with Crippen LogP contribution in [0.15, 0.2) is 47.4 Å². The minimum Gasteiger partial charge on any atom is -0.309 e. The predicted octanol–water partition coefficient (Wildman–Crippen LogP) is 3.38. The maximum atomic E-state index is 12.5. The lowest BCUT2D eigenvalue weighted by atomic mass is 10.1. The van der Waals surface area contributed by atoms with E-state index in [1.807, 2.05) is 12.1 Å². The molecule has 0 saturated carbocycles. The largest absolute Gasteiger partial charge is 0.309 e. The van der Waals surface area contributed by atoms with Gasteiger partial charge in [-0.25, -0.2) is 8.42 Å². The predicted molar refractivity (Wildman–Crippen MR) is 101 cm³/mol. The van der Waals surface area contributed by atoms with Crippen LogP contribution in [0.1, 0.15) is 35.1 Å². The molecule has 25 heavy (non-hydrogen) atoms. The molecule has 1 heterocycles. The lowest BCUT2D eigenvalue weighted by Crippen LogP contribution is -2.27. The Labute approximate surface area is 150 Å². The SMILES string of the molecule is Cc1ccc(CNCc2ccc(S(=O)(=O)N3CCCC3)cc2)cc1C. The van der Waals surface area contributed by atoms with E-state index in [1.54, 1.807) is 16.4 Å². The van der Waals surface area contributed by atoms with Gasteiger partial charge in [0.25, 0.3) is 0 Å². The summed E-state index contributed by atoms with van der Waals surface area (Å²) >= 11 is 0. The van der Waals surface area contributed by atoms with Gasteiger partial charge in [0.05, 0.1) is 4.90 Å². The van der Waals surface area contributed by atoms with Crippen molar-refractivity contribution in [3.8, 4) is 0 Å². The van der Waals surface area contributed by atoms with Crippen molar-refractivity contribution in [2.24, 2.45) is 0 Å². The molecule has 0 amide bonds. The van der Waals surface area contributed by atoms with Crippen molar-refractivity contribution >= 4 is 10.0 Å². The molecule has 1 N–H and O–H groups in total. The van der Waals surface area contributed by atoms with E-state index in [1.165, 1.54) is 16.7 Å². The lowest BCUT2D eigenvalue weighted by molar-refractivity contribution is 0.477. The van der Waals surface area contributed by atoms with E-state index < -0.39 is 10.0 Å². The van der Waals surface area contributed by atoms with Gasteiger partial charge >= 0.3 is 0 Å². The molecule has 1 fully saturated rings. The zero-order valence-electron chi connectivity index (χ0n) is 15.0. The van der Waals surface area contributed by atoms with Gasteiger partial charge in [0.15, 0.2) is 0 Å². The van der Waals surface area contributed by atoms with Crippen LogP contribution < -0.4 is 5.32 Å². The van der Waals surface area contributed by atoms with Crippen LogP contribution >= 0.6 is 0 Å². The maximum Gasteiger partial charge on any atom is 0.243 e. The van der Waals surface area contributed by atoms with Crippen LogP contribution in [0.25, 0.3) is 0 Å². The van der Waals surface area contributed by atoms with E-state index in [-0.39, 0.29) is 0 Å². The molecular formula is C20H26N2O2S. The molecule has 1 saturated heterocycles. The summed E-state index contributed by atoms with van der Waals surface area (Å²) in [6.07, 6.45) is 1.92. The fourth-order valence-electron chi connectivity index (χ4n) is 3.12. The van der Waals surface area contributed by atoms with Crippen molar-refractivity contribution < 1.29 is 8.42 Å². The molecule has 2 aromatic rings. The van der Waals surface area contributed by atoms with Crippen LogP contribution in [0.3, 0.4) is 0 Å². The van der Waals surface area contributed by atoms with E-state index >= 15 is 0 Å². The van der Waals surface area contributed by atoms with Crippen molar-refractivity contribution in [3.05, 3.63) is 64.7 Å². The third-order valence-corrected chi connectivity index (χ3v) is 6.77. The molecule has 0 unspecified atom stereocenters. The molecule has 4 nitrogen and oxygen atoms in total. The average Bonchev–Trinajstić information content (AvgIpc) is 3.14. The first kappa shape index (κ1) is 18.1. The monoisotopic (exact) mass is 358 g/mol. The Hall–Kier alpha value is -1.69. The van der Waals surface area contributed by atoms with Crippen LogP contribution in [-0.2, 0) is 23.1 Å². The summed E-state index contributed by atoms with van der Waals surface area (Å²) in [7, 11) is -3.31. The zero-order valence-corrected chi connectivity index (χ0v) is 15.8. The number of hydrogen-bond donors (Lipinski definition) is 1. The first-order chi connectivity index (χ1) is 12.0. The summed E-state index contributed by atoms with van der Waals surface area (Å²) in [6.45, 7) is 7.04. The topological polar surface area (TPSA) is 49.4 Å². The molecule has 5 heteroatoms. The van der Waals surface area contributed by atoms with Gasteiger partial charge in [-0.2, -0.15) is 4.31 Å². The van der Waals surface area contributed by atoms with E-state index in [2.05, 4.69) is 37.4 Å². The summed E-state index contributed by atoms with van der Waals surface area (Å²) in [4.78, 5) is 0.396. The molecular weight excluding hydrogens is 332 g/mol. The summed E-state index contributed by atoms with van der Waals surface area (Å²) in [5.74, 6) is 0. The smallest absolute Gasteiger partial charge is 0.243 e. The number of nitrogens with zero attached hydrogens (tertiary/aromatic N) is 1. The second kappa shape index (κ2) is 7.68. The summed E-state index contributed by atoms with van der Waals surface area (Å²) < 4.78 is 26.6.